The van der Waals surface area contributed by atoms with Crippen LogP contribution >= 0.6 is 0 Å². The molecule has 0 N–H and O–H groups in total. The summed E-state index contributed by atoms with van der Waals surface area (Å²) in [7, 11) is 12.5. The normalized spacial score (nSPS) is 13.1. The molecule has 10 heteroatoms. The van der Waals surface area contributed by atoms with E-state index in [-0.39, 0.29) is 12.8 Å². The molecule has 2 aromatic rings. The highest BCUT2D eigenvalue weighted by Crippen LogP contribution is 2.42. The van der Waals surface area contributed by atoms with E-state index in [0.717, 1.165) is 0 Å². The van der Waals surface area contributed by atoms with Crippen molar-refractivity contribution in [3.05, 3.63) is 58.9 Å². The molecule has 0 saturated heterocycles. The van der Waals surface area contributed by atoms with Crippen molar-refractivity contribution in [1.82, 2.24) is 0 Å². The van der Waals surface area contributed by atoms with Crippen LogP contribution in [0.1, 0.15) is 12.8 Å². The molecule has 0 aromatic heterocycles. The summed E-state index contributed by atoms with van der Waals surface area (Å²) in [5, 5.41) is 0. The first-order valence-electron chi connectivity index (χ1n) is 11.8. The maximum atomic E-state index is 13.1. The average molecular weight is 527 g/mol. The molecule has 1 aliphatic carbocycles. The second-order valence-electron chi connectivity index (χ2n) is 8.38. The lowest BCUT2D eigenvalue weighted by atomic mass is 9.90. The maximum absolute atomic E-state index is 13.1. The van der Waals surface area contributed by atoms with E-state index >= 15 is 0 Å². The third-order valence-electron chi connectivity index (χ3n) is 6.55. The minimum atomic E-state index is -0.504. The van der Waals surface area contributed by atoms with Crippen LogP contribution in [0.3, 0.4) is 0 Å². The average Bonchev–Trinajstić information content (AvgIpc) is 2.97. The molecule has 0 amide bonds. The molecular formula is C28H34N2O8. The van der Waals surface area contributed by atoms with Crippen LogP contribution in [0.15, 0.2) is 58.9 Å². The topological polar surface area (TPSA) is 96.0 Å². The Morgan fingerprint density at radius 1 is 0.605 bits per heavy atom. The zero-order valence-electron chi connectivity index (χ0n) is 23.0. The Morgan fingerprint density at radius 2 is 0.974 bits per heavy atom. The van der Waals surface area contributed by atoms with E-state index in [1.165, 1.54) is 14.2 Å². The number of benzene rings is 2. The fourth-order valence-corrected chi connectivity index (χ4v) is 4.44. The number of hydrogen-bond acceptors (Lipinski definition) is 10. The summed E-state index contributed by atoms with van der Waals surface area (Å²) in [5.41, 5.74) is 3.33. The molecule has 3 rings (SSSR count). The second-order valence-corrected chi connectivity index (χ2v) is 8.38. The van der Waals surface area contributed by atoms with Gasteiger partial charge in [0.1, 0.15) is 23.0 Å². The highest BCUT2D eigenvalue weighted by molar-refractivity contribution is 5.97. The van der Waals surface area contributed by atoms with Crippen molar-refractivity contribution in [3.8, 4) is 23.0 Å². The summed E-state index contributed by atoms with van der Waals surface area (Å²) in [6.45, 7) is 0. The summed E-state index contributed by atoms with van der Waals surface area (Å²) in [6.07, 6.45) is 0.224. The molecule has 10 nitrogen and oxygen atoms in total. The monoisotopic (exact) mass is 526 g/mol. The molecule has 0 heterocycles. The number of methoxy groups -OCH3 is 6. The molecule has 0 radical (unpaired) electrons. The number of esters is 2. The van der Waals surface area contributed by atoms with Crippen molar-refractivity contribution in [2.45, 2.75) is 12.8 Å². The quantitative estimate of drug-likeness (QED) is 0.424. The summed E-state index contributed by atoms with van der Waals surface area (Å²) in [4.78, 5) is 29.8. The predicted octanol–water partition coefficient (Wildman–Crippen LogP) is 3.94. The standard InChI is InChI=1S/C28H34N2O8/c1-29(21-11-9-17(33-3)13-25(21)35-5)23-15-20(28(32)38-8)24(16-19(23)27(31)37-7)30(2)22-12-10-18(34-4)14-26(22)36-6/h9-14H,15-16H2,1-8H3. The molecule has 0 atom stereocenters. The molecule has 0 saturated carbocycles. The molecule has 38 heavy (non-hydrogen) atoms. The molecule has 0 fully saturated rings. The van der Waals surface area contributed by atoms with Gasteiger partial charge in [0.05, 0.1) is 65.2 Å². The summed E-state index contributed by atoms with van der Waals surface area (Å²) in [5.74, 6) is 1.32. The van der Waals surface area contributed by atoms with Crippen LogP contribution in [-0.4, -0.2) is 68.7 Å². The first-order chi connectivity index (χ1) is 18.2. The van der Waals surface area contributed by atoms with Gasteiger partial charge in [-0.15, -0.1) is 0 Å². The highest BCUT2D eigenvalue weighted by atomic mass is 16.5. The van der Waals surface area contributed by atoms with Crippen molar-refractivity contribution in [2.75, 3.05) is 66.6 Å². The number of hydrogen-bond donors (Lipinski definition) is 0. The van der Waals surface area contributed by atoms with Crippen molar-refractivity contribution in [2.24, 2.45) is 0 Å². The van der Waals surface area contributed by atoms with Crippen molar-refractivity contribution in [3.63, 3.8) is 0 Å². The van der Waals surface area contributed by atoms with Crippen LogP contribution in [0.4, 0.5) is 11.4 Å². The summed E-state index contributed by atoms with van der Waals surface area (Å²) < 4.78 is 32.1. The SMILES string of the molecule is COC(=O)C1=C(N(C)c2ccc(OC)cc2OC)CC(C(=O)OC)=C(N(C)c2ccc(OC)cc2OC)C1. The van der Waals surface area contributed by atoms with Gasteiger partial charge in [-0.3, -0.25) is 0 Å². The highest BCUT2D eigenvalue weighted by Gasteiger charge is 2.34. The van der Waals surface area contributed by atoms with E-state index in [0.29, 0.717) is 56.9 Å². The molecule has 2 aromatic carbocycles. The predicted molar refractivity (Wildman–Crippen MR) is 143 cm³/mol. The zero-order valence-corrected chi connectivity index (χ0v) is 23.0. The van der Waals surface area contributed by atoms with Gasteiger partial charge in [-0.05, 0) is 24.3 Å². The van der Waals surface area contributed by atoms with Gasteiger partial charge in [-0.25, -0.2) is 9.59 Å². The van der Waals surface area contributed by atoms with E-state index in [4.69, 9.17) is 28.4 Å². The van der Waals surface area contributed by atoms with Gasteiger partial charge in [0.25, 0.3) is 0 Å². The van der Waals surface area contributed by atoms with Crippen LogP contribution < -0.4 is 28.7 Å². The van der Waals surface area contributed by atoms with Gasteiger partial charge < -0.3 is 38.2 Å². The van der Waals surface area contributed by atoms with Crippen molar-refractivity contribution >= 4 is 23.3 Å². The largest absolute Gasteiger partial charge is 0.497 e. The number of anilines is 2. The first kappa shape index (κ1) is 28.2. The number of allylic oxidation sites excluding steroid dienone is 2. The fraction of sp³-hybridized carbons (Fsp3) is 0.357. The van der Waals surface area contributed by atoms with Crippen LogP contribution in [0.5, 0.6) is 23.0 Å². The Hall–Kier alpha value is -4.34. The van der Waals surface area contributed by atoms with Gasteiger partial charge in [0.2, 0.25) is 0 Å². The Morgan fingerprint density at radius 3 is 1.26 bits per heavy atom. The van der Waals surface area contributed by atoms with E-state index in [1.807, 2.05) is 21.9 Å². The van der Waals surface area contributed by atoms with Crippen LogP contribution in [0.2, 0.25) is 0 Å². The lowest BCUT2D eigenvalue weighted by molar-refractivity contribution is -0.137. The Kier molecular flexibility index (Phi) is 9.11. The van der Waals surface area contributed by atoms with Gasteiger partial charge in [-0.2, -0.15) is 0 Å². The minimum absolute atomic E-state index is 0.112. The molecule has 204 valence electrons. The van der Waals surface area contributed by atoms with Crippen LogP contribution in [0.25, 0.3) is 0 Å². The fourth-order valence-electron chi connectivity index (χ4n) is 4.44. The van der Waals surface area contributed by atoms with Gasteiger partial charge in [0, 0.05) is 50.5 Å². The summed E-state index contributed by atoms with van der Waals surface area (Å²) in [6, 6.07) is 10.7. The maximum Gasteiger partial charge on any atom is 0.335 e. The Balaban J connectivity index is 2.15. The van der Waals surface area contributed by atoms with Gasteiger partial charge >= 0.3 is 11.9 Å². The molecule has 0 unspecified atom stereocenters. The number of carbonyl (C=O) groups is 2. The number of ether oxygens (including phenoxy) is 6. The third-order valence-corrected chi connectivity index (χ3v) is 6.55. The van der Waals surface area contributed by atoms with E-state index in [9.17, 15) is 9.59 Å². The van der Waals surface area contributed by atoms with Crippen LogP contribution in [0, 0.1) is 0 Å². The van der Waals surface area contributed by atoms with E-state index in [2.05, 4.69) is 0 Å². The van der Waals surface area contributed by atoms with E-state index < -0.39 is 11.9 Å². The number of rotatable bonds is 10. The van der Waals surface area contributed by atoms with Crippen molar-refractivity contribution in [1.29, 1.82) is 0 Å². The van der Waals surface area contributed by atoms with Crippen LogP contribution in [-0.2, 0) is 19.1 Å². The lowest BCUT2D eigenvalue weighted by Gasteiger charge is -2.34. The van der Waals surface area contributed by atoms with E-state index in [1.54, 1.807) is 66.8 Å². The Bertz CT molecular complexity index is 1170. The van der Waals surface area contributed by atoms with Gasteiger partial charge in [0.15, 0.2) is 0 Å². The Labute approximate surface area is 222 Å². The molecular weight excluding hydrogens is 492 g/mol. The molecule has 0 spiro atoms. The first-order valence-corrected chi connectivity index (χ1v) is 11.8. The minimum Gasteiger partial charge on any atom is -0.497 e. The van der Waals surface area contributed by atoms with Gasteiger partial charge in [-0.1, -0.05) is 0 Å². The molecule has 0 aliphatic heterocycles. The smallest absolute Gasteiger partial charge is 0.335 e. The zero-order chi connectivity index (χ0) is 28.0. The molecule has 1 aliphatic rings. The number of nitrogens with zero attached hydrogens (tertiary/aromatic N) is 2. The summed E-state index contributed by atoms with van der Waals surface area (Å²) >= 11 is 0. The third kappa shape index (κ3) is 5.49. The lowest BCUT2D eigenvalue weighted by Crippen LogP contribution is -2.32. The second kappa shape index (κ2) is 12.3. The van der Waals surface area contributed by atoms with Crippen molar-refractivity contribution < 1.29 is 38.0 Å². The number of carbonyl (C=O) groups excluding carboxylic acids is 2. The molecule has 0 bridgehead atoms.